The van der Waals surface area contributed by atoms with Gasteiger partial charge in [-0.15, -0.1) is 13.2 Å². The molecule has 1 aromatic heterocycles. The number of aromatic nitrogens is 1. The summed E-state index contributed by atoms with van der Waals surface area (Å²) in [5.41, 5.74) is -0.823. The van der Waals surface area contributed by atoms with Gasteiger partial charge in [0.25, 0.3) is 0 Å². The molecule has 0 bridgehead atoms. The van der Waals surface area contributed by atoms with E-state index in [1.165, 1.54) is 11.5 Å². The summed E-state index contributed by atoms with van der Waals surface area (Å²) < 4.78 is 40.1. The van der Waals surface area contributed by atoms with Crippen LogP contribution in [0, 0.1) is 6.92 Å². The van der Waals surface area contributed by atoms with E-state index in [4.69, 9.17) is 5.11 Å². The summed E-state index contributed by atoms with van der Waals surface area (Å²) in [6.45, 7) is 0.624. The van der Waals surface area contributed by atoms with Gasteiger partial charge in [-0.3, -0.25) is 9.53 Å². The van der Waals surface area contributed by atoms with Crippen molar-refractivity contribution in [3.05, 3.63) is 33.7 Å². The van der Waals surface area contributed by atoms with E-state index in [2.05, 4.69) is 4.74 Å². The van der Waals surface area contributed by atoms with Gasteiger partial charge in [0.1, 0.15) is 5.56 Å². The van der Waals surface area contributed by atoms with E-state index in [-0.39, 0.29) is 6.54 Å². The number of rotatable bonds is 4. The molecule has 100 valence electrons. The zero-order valence-corrected chi connectivity index (χ0v) is 9.32. The molecule has 0 aliphatic heterocycles. The Labute approximate surface area is 99.4 Å². The first-order valence-corrected chi connectivity index (χ1v) is 4.86. The number of alkyl halides is 3. The van der Waals surface area contributed by atoms with Crippen molar-refractivity contribution in [3.8, 4) is 0 Å². The van der Waals surface area contributed by atoms with Crippen molar-refractivity contribution in [2.75, 3.05) is 6.61 Å². The first-order chi connectivity index (χ1) is 8.20. The maximum absolute atomic E-state index is 11.8. The largest absolute Gasteiger partial charge is 0.522 e. The van der Waals surface area contributed by atoms with Crippen molar-refractivity contribution < 1.29 is 27.8 Å². The van der Waals surface area contributed by atoms with Crippen molar-refractivity contribution in [2.24, 2.45) is 0 Å². The lowest BCUT2D eigenvalue weighted by Crippen LogP contribution is -2.22. The van der Waals surface area contributed by atoms with Gasteiger partial charge in [-0.2, -0.15) is 0 Å². The van der Waals surface area contributed by atoms with Gasteiger partial charge in [-0.25, -0.2) is 4.79 Å². The molecule has 1 heterocycles. The van der Waals surface area contributed by atoms with Crippen molar-refractivity contribution in [2.45, 2.75) is 19.8 Å². The van der Waals surface area contributed by atoms with Crippen LogP contribution in [0.1, 0.15) is 16.1 Å². The van der Waals surface area contributed by atoms with E-state index < -0.39 is 29.9 Å². The van der Waals surface area contributed by atoms with Crippen molar-refractivity contribution in [1.29, 1.82) is 0 Å². The molecule has 0 aliphatic carbocycles. The smallest absolute Gasteiger partial charge is 0.477 e. The lowest BCUT2D eigenvalue weighted by Gasteiger charge is -2.12. The number of carboxylic acid groups (broad SMARTS) is 1. The summed E-state index contributed by atoms with van der Waals surface area (Å²) in [6, 6.07) is 1.05. The van der Waals surface area contributed by atoms with Crippen molar-refractivity contribution in [3.63, 3.8) is 0 Å². The average molecular weight is 265 g/mol. The lowest BCUT2D eigenvalue weighted by molar-refractivity contribution is -0.325. The zero-order valence-electron chi connectivity index (χ0n) is 9.32. The standard InChI is InChI=1S/C10H10F3NO4/c1-6-4-8(15)7(9(16)17)5-14(6)2-3-18-10(11,12)13/h4-5H,2-3H2,1H3,(H,16,17). The Kier molecular flexibility index (Phi) is 4.12. The van der Waals surface area contributed by atoms with Gasteiger partial charge in [0.15, 0.2) is 5.43 Å². The number of aromatic carboxylic acids is 1. The van der Waals surface area contributed by atoms with E-state index >= 15 is 0 Å². The molecule has 1 aromatic rings. The normalized spacial score (nSPS) is 11.6. The van der Waals surface area contributed by atoms with Crippen LogP contribution in [0.4, 0.5) is 13.2 Å². The number of hydrogen-bond donors (Lipinski definition) is 1. The number of carboxylic acids is 1. The van der Waals surface area contributed by atoms with Gasteiger partial charge in [0.05, 0.1) is 6.61 Å². The lowest BCUT2D eigenvalue weighted by atomic mass is 10.2. The fourth-order valence-electron chi connectivity index (χ4n) is 1.33. The Hall–Kier alpha value is -1.83. The highest BCUT2D eigenvalue weighted by Gasteiger charge is 2.28. The molecule has 1 N–H and O–H groups in total. The Morgan fingerprint density at radius 3 is 2.61 bits per heavy atom. The summed E-state index contributed by atoms with van der Waals surface area (Å²) in [5.74, 6) is -1.43. The maximum Gasteiger partial charge on any atom is 0.522 e. The van der Waals surface area contributed by atoms with Gasteiger partial charge in [-0.1, -0.05) is 0 Å². The van der Waals surface area contributed by atoms with Gasteiger partial charge in [0.2, 0.25) is 0 Å². The molecule has 0 spiro atoms. The summed E-state index contributed by atoms with van der Waals surface area (Å²) in [5, 5.41) is 8.71. The van der Waals surface area contributed by atoms with Crippen LogP contribution >= 0.6 is 0 Å². The Morgan fingerprint density at radius 2 is 2.11 bits per heavy atom. The van der Waals surface area contributed by atoms with Crippen LogP contribution in [-0.4, -0.2) is 28.6 Å². The van der Waals surface area contributed by atoms with Gasteiger partial charge >= 0.3 is 12.3 Å². The van der Waals surface area contributed by atoms with Crippen LogP contribution in [0.3, 0.4) is 0 Å². The fraction of sp³-hybridized carbons (Fsp3) is 0.400. The second kappa shape index (κ2) is 5.21. The molecular weight excluding hydrogens is 255 g/mol. The summed E-state index contributed by atoms with van der Waals surface area (Å²) >= 11 is 0. The molecule has 0 saturated heterocycles. The third-order valence-corrected chi connectivity index (χ3v) is 2.17. The summed E-state index contributed by atoms with van der Waals surface area (Å²) in [4.78, 5) is 22.0. The van der Waals surface area contributed by atoms with Crippen LogP contribution < -0.4 is 5.43 Å². The van der Waals surface area contributed by atoms with E-state index in [1.54, 1.807) is 0 Å². The second-order valence-corrected chi connectivity index (χ2v) is 3.49. The highest BCUT2D eigenvalue weighted by Crippen LogP contribution is 2.15. The van der Waals surface area contributed by atoms with Gasteiger partial charge in [-0.05, 0) is 6.92 Å². The predicted molar refractivity (Wildman–Crippen MR) is 54.4 cm³/mol. The highest BCUT2D eigenvalue weighted by atomic mass is 19.4. The molecule has 0 saturated carbocycles. The monoisotopic (exact) mass is 265 g/mol. The predicted octanol–water partition coefficient (Wildman–Crippen LogP) is 1.39. The minimum Gasteiger partial charge on any atom is -0.477 e. The minimum atomic E-state index is -4.73. The SMILES string of the molecule is Cc1cc(=O)c(C(=O)O)cn1CCOC(F)(F)F. The number of ether oxygens (including phenoxy) is 1. The van der Waals surface area contributed by atoms with E-state index in [9.17, 15) is 22.8 Å². The number of nitrogens with zero attached hydrogens (tertiary/aromatic N) is 1. The minimum absolute atomic E-state index is 0.202. The highest BCUT2D eigenvalue weighted by molar-refractivity contribution is 5.87. The van der Waals surface area contributed by atoms with E-state index in [0.29, 0.717) is 5.69 Å². The third kappa shape index (κ3) is 3.88. The molecule has 5 nitrogen and oxygen atoms in total. The summed E-state index contributed by atoms with van der Waals surface area (Å²) in [7, 11) is 0. The number of halogens is 3. The number of carbonyl (C=O) groups is 1. The van der Waals surface area contributed by atoms with Crippen molar-refractivity contribution in [1.82, 2.24) is 4.57 Å². The summed E-state index contributed by atoms with van der Waals surface area (Å²) in [6.07, 6.45) is -3.73. The fourth-order valence-corrected chi connectivity index (χ4v) is 1.33. The molecule has 0 aliphatic rings. The van der Waals surface area contributed by atoms with Crippen LogP contribution in [0.25, 0.3) is 0 Å². The average Bonchev–Trinajstić information content (AvgIpc) is 2.18. The van der Waals surface area contributed by atoms with E-state index in [0.717, 1.165) is 12.3 Å². The second-order valence-electron chi connectivity index (χ2n) is 3.49. The number of pyridine rings is 1. The first kappa shape index (κ1) is 14.2. The van der Waals surface area contributed by atoms with Crippen LogP contribution in [0.2, 0.25) is 0 Å². The molecule has 0 fully saturated rings. The first-order valence-electron chi connectivity index (χ1n) is 4.86. The third-order valence-electron chi connectivity index (χ3n) is 2.17. The molecule has 0 radical (unpaired) electrons. The molecular formula is C10H10F3NO4. The van der Waals surface area contributed by atoms with Gasteiger partial charge < -0.3 is 9.67 Å². The Morgan fingerprint density at radius 1 is 1.50 bits per heavy atom. The molecule has 0 unspecified atom stereocenters. The maximum atomic E-state index is 11.8. The number of aryl methyl sites for hydroxylation is 1. The van der Waals surface area contributed by atoms with Crippen molar-refractivity contribution >= 4 is 5.97 Å². The molecule has 0 amide bonds. The van der Waals surface area contributed by atoms with Gasteiger partial charge in [0, 0.05) is 24.5 Å². The molecule has 1 rings (SSSR count). The topological polar surface area (TPSA) is 68.5 Å². The zero-order chi connectivity index (χ0) is 13.9. The van der Waals surface area contributed by atoms with Crippen LogP contribution in [-0.2, 0) is 11.3 Å². The van der Waals surface area contributed by atoms with Crippen LogP contribution in [0.15, 0.2) is 17.1 Å². The number of hydrogen-bond acceptors (Lipinski definition) is 3. The molecule has 18 heavy (non-hydrogen) atoms. The van der Waals surface area contributed by atoms with Crippen LogP contribution in [0.5, 0.6) is 0 Å². The quantitative estimate of drug-likeness (QED) is 0.893. The Balaban J connectivity index is 2.86. The van der Waals surface area contributed by atoms with E-state index in [1.807, 2.05) is 0 Å². The Bertz CT molecular complexity index is 507. The molecule has 0 aromatic carbocycles. The molecule has 0 atom stereocenters. The molecule has 8 heteroatoms.